The molecule has 1 aliphatic rings. The molecule has 4 atom stereocenters. The Morgan fingerprint density at radius 3 is 2.58 bits per heavy atom. The second-order valence-corrected chi connectivity index (χ2v) is 4.05. The monoisotopic (exact) mass is 271 g/mol. The third-order valence-corrected chi connectivity index (χ3v) is 2.80. The van der Waals surface area contributed by atoms with Crippen LogP contribution in [-0.2, 0) is 4.74 Å². The lowest BCUT2D eigenvalue weighted by atomic mass is 10.1. The molecule has 1 aliphatic heterocycles. The van der Waals surface area contributed by atoms with Gasteiger partial charge in [-0.1, -0.05) is 12.1 Å². The van der Waals surface area contributed by atoms with Crippen LogP contribution in [0.1, 0.15) is 0 Å². The van der Waals surface area contributed by atoms with E-state index in [-0.39, 0.29) is 11.4 Å². The molecule has 3 N–H and O–H groups in total. The van der Waals surface area contributed by atoms with Crippen molar-refractivity contribution < 1.29 is 29.7 Å². The fourth-order valence-electron chi connectivity index (χ4n) is 1.80. The van der Waals surface area contributed by atoms with Crippen molar-refractivity contribution in [2.75, 3.05) is 6.61 Å². The first kappa shape index (κ1) is 13.7. The van der Waals surface area contributed by atoms with E-state index in [0.717, 1.165) is 0 Å². The molecule has 1 heterocycles. The highest BCUT2D eigenvalue weighted by atomic mass is 16.7. The number of nitrogens with zero attached hydrogens (tertiary/aromatic N) is 1. The predicted molar refractivity (Wildman–Crippen MR) is 61.5 cm³/mol. The highest BCUT2D eigenvalue weighted by Crippen LogP contribution is 2.30. The van der Waals surface area contributed by atoms with E-state index in [1.165, 1.54) is 24.3 Å². The zero-order valence-electron chi connectivity index (χ0n) is 9.75. The molecular formula is C11H13NO7. The summed E-state index contributed by atoms with van der Waals surface area (Å²) in [6, 6.07) is 5.61. The van der Waals surface area contributed by atoms with E-state index in [4.69, 9.17) is 14.6 Å². The molecule has 1 aromatic rings. The van der Waals surface area contributed by atoms with Gasteiger partial charge in [0.1, 0.15) is 18.3 Å². The fourth-order valence-corrected chi connectivity index (χ4v) is 1.80. The van der Waals surface area contributed by atoms with Crippen molar-refractivity contribution in [2.45, 2.75) is 24.6 Å². The average molecular weight is 271 g/mol. The normalized spacial score (nSPS) is 30.3. The van der Waals surface area contributed by atoms with Gasteiger partial charge >= 0.3 is 5.69 Å². The molecule has 1 saturated heterocycles. The zero-order valence-corrected chi connectivity index (χ0v) is 9.75. The number of nitro groups is 1. The van der Waals surface area contributed by atoms with Gasteiger partial charge < -0.3 is 24.8 Å². The number of ether oxygens (including phenoxy) is 2. The van der Waals surface area contributed by atoms with Gasteiger partial charge in [-0.25, -0.2) is 0 Å². The first-order valence-electron chi connectivity index (χ1n) is 5.57. The van der Waals surface area contributed by atoms with Crippen LogP contribution in [0.5, 0.6) is 5.75 Å². The molecule has 8 nitrogen and oxygen atoms in total. The highest BCUT2D eigenvalue weighted by Gasteiger charge is 2.44. The number of hydrogen-bond acceptors (Lipinski definition) is 7. The average Bonchev–Trinajstić information content (AvgIpc) is 2.67. The van der Waals surface area contributed by atoms with Crippen LogP contribution in [0, 0.1) is 10.1 Å². The molecule has 0 aromatic heterocycles. The minimum absolute atomic E-state index is 0.0812. The summed E-state index contributed by atoms with van der Waals surface area (Å²) >= 11 is 0. The Balaban J connectivity index is 2.16. The maximum Gasteiger partial charge on any atom is 0.311 e. The van der Waals surface area contributed by atoms with Crippen molar-refractivity contribution in [3.05, 3.63) is 34.4 Å². The molecule has 104 valence electrons. The second-order valence-electron chi connectivity index (χ2n) is 4.05. The molecule has 0 saturated carbocycles. The minimum atomic E-state index is -1.39. The maximum atomic E-state index is 10.8. The molecule has 0 radical (unpaired) electrons. The summed E-state index contributed by atoms with van der Waals surface area (Å²) in [4.78, 5) is 10.2. The summed E-state index contributed by atoms with van der Waals surface area (Å²) in [5.41, 5.74) is -0.278. The summed E-state index contributed by atoms with van der Waals surface area (Å²) < 4.78 is 10.3. The SMILES string of the molecule is O=[N+]([O-])c1ccccc1OC1O[C@H](CO)[C@H](O)[C@H]1O. The number of nitro benzene ring substituents is 1. The number of rotatable bonds is 4. The Morgan fingerprint density at radius 2 is 2.00 bits per heavy atom. The zero-order chi connectivity index (χ0) is 14.0. The largest absolute Gasteiger partial charge is 0.455 e. The molecule has 2 rings (SSSR count). The summed E-state index contributed by atoms with van der Waals surface area (Å²) in [5.74, 6) is -0.0812. The van der Waals surface area contributed by atoms with Crippen molar-refractivity contribution in [3.63, 3.8) is 0 Å². The van der Waals surface area contributed by atoms with Gasteiger partial charge in [-0.3, -0.25) is 10.1 Å². The number of para-hydroxylation sites is 2. The van der Waals surface area contributed by atoms with E-state index in [0.29, 0.717) is 0 Å². The number of aliphatic hydroxyl groups excluding tert-OH is 3. The van der Waals surface area contributed by atoms with Crippen LogP contribution in [0.4, 0.5) is 5.69 Å². The summed E-state index contributed by atoms with van der Waals surface area (Å²) in [7, 11) is 0. The van der Waals surface area contributed by atoms with Crippen molar-refractivity contribution in [2.24, 2.45) is 0 Å². The Hall–Kier alpha value is -1.74. The van der Waals surface area contributed by atoms with Gasteiger partial charge in [0.05, 0.1) is 11.5 Å². The van der Waals surface area contributed by atoms with Crippen molar-refractivity contribution in [1.29, 1.82) is 0 Å². The molecule has 1 aromatic carbocycles. The topological polar surface area (TPSA) is 122 Å². The fraction of sp³-hybridized carbons (Fsp3) is 0.455. The van der Waals surface area contributed by atoms with E-state index >= 15 is 0 Å². The van der Waals surface area contributed by atoms with Crippen LogP contribution in [0.3, 0.4) is 0 Å². The Kier molecular flexibility index (Phi) is 3.96. The van der Waals surface area contributed by atoms with Gasteiger partial charge in [-0.15, -0.1) is 0 Å². The lowest BCUT2D eigenvalue weighted by molar-refractivity contribution is -0.386. The van der Waals surface area contributed by atoms with E-state index in [2.05, 4.69) is 0 Å². The lowest BCUT2D eigenvalue weighted by Gasteiger charge is -2.16. The molecule has 1 fully saturated rings. The van der Waals surface area contributed by atoms with Crippen LogP contribution < -0.4 is 4.74 Å². The van der Waals surface area contributed by atoms with E-state index < -0.39 is 36.1 Å². The molecule has 19 heavy (non-hydrogen) atoms. The van der Waals surface area contributed by atoms with Crippen molar-refractivity contribution >= 4 is 5.69 Å². The van der Waals surface area contributed by atoms with Gasteiger partial charge in [-0.2, -0.15) is 0 Å². The van der Waals surface area contributed by atoms with E-state index in [1.54, 1.807) is 0 Å². The maximum absolute atomic E-state index is 10.8. The molecule has 1 unspecified atom stereocenters. The van der Waals surface area contributed by atoms with Crippen LogP contribution in [0.2, 0.25) is 0 Å². The Bertz CT molecular complexity index is 466. The van der Waals surface area contributed by atoms with Crippen LogP contribution in [-0.4, -0.2) is 51.5 Å². The standard InChI is InChI=1S/C11H13NO7/c13-5-8-9(14)10(15)11(19-8)18-7-4-2-1-3-6(7)12(16)17/h1-4,8-11,13-15H,5H2/t8-,9+,10-,11?/m1/s1. The Morgan fingerprint density at radius 1 is 1.32 bits per heavy atom. The van der Waals surface area contributed by atoms with E-state index in [1.807, 2.05) is 0 Å². The molecular weight excluding hydrogens is 258 g/mol. The third-order valence-electron chi connectivity index (χ3n) is 2.80. The predicted octanol–water partition coefficient (Wildman–Crippen LogP) is -0.587. The van der Waals surface area contributed by atoms with Crippen molar-refractivity contribution in [3.8, 4) is 5.75 Å². The van der Waals surface area contributed by atoms with Gasteiger partial charge in [0.2, 0.25) is 6.29 Å². The van der Waals surface area contributed by atoms with Crippen molar-refractivity contribution in [1.82, 2.24) is 0 Å². The summed E-state index contributed by atoms with van der Waals surface area (Å²) in [5, 5.41) is 38.9. The molecule has 0 spiro atoms. The first-order valence-corrected chi connectivity index (χ1v) is 5.57. The van der Waals surface area contributed by atoms with Crippen LogP contribution in [0.25, 0.3) is 0 Å². The van der Waals surface area contributed by atoms with Gasteiger partial charge in [0.25, 0.3) is 0 Å². The van der Waals surface area contributed by atoms with Gasteiger partial charge in [0, 0.05) is 6.07 Å². The van der Waals surface area contributed by atoms with Crippen LogP contribution >= 0.6 is 0 Å². The first-order chi connectivity index (χ1) is 9.04. The van der Waals surface area contributed by atoms with Gasteiger partial charge in [0.15, 0.2) is 5.75 Å². The third kappa shape index (κ3) is 2.66. The number of benzene rings is 1. The molecule has 0 bridgehead atoms. The molecule has 0 amide bonds. The van der Waals surface area contributed by atoms with Crippen LogP contribution in [0.15, 0.2) is 24.3 Å². The highest BCUT2D eigenvalue weighted by molar-refractivity contribution is 5.45. The van der Waals surface area contributed by atoms with Gasteiger partial charge in [-0.05, 0) is 6.07 Å². The summed E-state index contributed by atoms with van der Waals surface area (Å²) in [6.45, 7) is -0.491. The molecule has 8 heteroatoms. The quantitative estimate of drug-likeness (QED) is 0.494. The van der Waals surface area contributed by atoms with E-state index in [9.17, 15) is 20.3 Å². The number of hydrogen-bond donors (Lipinski definition) is 3. The lowest BCUT2D eigenvalue weighted by Crippen LogP contribution is -2.35. The smallest absolute Gasteiger partial charge is 0.311 e. The molecule has 0 aliphatic carbocycles. The minimum Gasteiger partial charge on any atom is -0.455 e. The summed E-state index contributed by atoms with van der Waals surface area (Å²) in [6.07, 6.45) is -4.95. The Labute approximate surface area is 108 Å². The number of aliphatic hydroxyl groups is 3. The second kappa shape index (κ2) is 5.49.